The van der Waals surface area contributed by atoms with E-state index in [1.165, 1.54) is 11.3 Å². The van der Waals surface area contributed by atoms with Gasteiger partial charge in [-0.05, 0) is 51.7 Å². The number of rotatable bonds is 3. The summed E-state index contributed by atoms with van der Waals surface area (Å²) in [5, 5.41) is 9.07. The molecule has 1 saturated heterocycles. The van der Waals surface area contributed by atoms with Crippen LogP contribution in [-0.4, -0.2) is 23.2 Å². The molecule has 1 aromatic carbocycles. The molecule has 1 aromatic rings. The molecule has 19 heavy (non-hydrogen) atoms. The number of benzene rings is 1. The first-order chi connectivity index (χ1) is 8.91. The van der Waals surface area contributed by atoms with E-state index in [9.17, 15) is 4.79 Å². The molecule has 3 nitrogen and oxygen atoms in total. The van der Waals surface area contributed by atoms with Gasteiger partial charge in [0.25, 0.3) is 0 Å². The van der Waals surface area contributed by atoms with Crippen LogP contribution in [-0.2, 0) is 4.79 Å². The molecule has 3 heteroatoms. The van der Waals surface area contributed by atoms with Crippen molar-refractivity contribution in [2.24, 2.45) is 5.92 Å². The van der Waals surface area contributed by atoms with Gasteiger partial charge in [0.15, 0.2) is 0 Å². The first-order valence-electron chi connectivity index (χ1n) is 6.97. The fourth-order valence-electron chi connectivity index (χ4n) is 3.11. The summed E-state index contributed by atoms with van der Waals surface area (Å²) >= 11 is 0. The van der Waals surface area contributed by atoms with Crippen molar-refractivity contribution in [3.05, 3.63) is 29.8 Å². The quantitative estimate of drug-likeness (QED) is 0.905. The number of hydrogen-bond acceptors (Lipinski definition) is 2. The van der Waals surface area contributed by atoms with Crippen LogP contribution in [0.4, 0.5) is 5.69 Å². The lowest BCUT2D eigenvalue weighted by atomic mass is 9.77. The van der Waals surface area contributed by atoms with Gasteiger partial charge in [0.1, 0.15) is 0 Å². The minimum absolute atomic E-state index is 0.105. The van der Waals surface area contributed by atoms with E-state index in [0.717, 1.165) is 19.4 Å². The molecule has 1 aliphatic heterocycles. The van der Waals surface area contributed by atoms with Crippen molar-refractivity contribution in [1.29, 1.82) is 0 Å². The van der Waals surface area contributed by atoms with E-state index >= 15 is 0 Å². The molecule has 0 aliphatic carbocycles. The van der Waals surface area contributed by atoms with E-state index in [1.807, 2.05) is 0 Å². The fourth-order valence-corrected chi connectivity index (χ4v) is 3.11. The van der Waals surface area contributed by atoms with Gasteiger partial charge in [-0.15, -0.1) is 0 Å². The van der Waals surface area contributed by atoms with Gasteiger partial charge in [0.05, 0.1) is 6.42 Å². The van der Waals surface area contributed by atoms with Crippen molar-refractivity contribution in [3.8, 4) is 0 Å². The van der Waals surface area contributed by atoms with E-state index in [1.54, 1.807) is 0 Å². The number of piperidine rings is 1. The Kier molecular flexibility index (Phi) is 3.83. The maximum absolute atomic E-state index is 11.0. The van der Waals surface area contributed by atoms with E-state index < -0.39 is 5.97 Å². The summed E-state index contributed by atoms with van der Waals surface area (Å²) in [6, 6.07) is 8.51. The summed E-state index contributed by atoms with van der Waals surface area (Å²) in [5.41, 5.74) is 2.35. The minimum Gasteiger partial charge on any atom is -0.481 e. The van der Waals surface area contributed by atoms with E-state index in [2.05, 4.69) is 49.9 Å². The van der Waals surface area contributed by atoms with Gasteiger partial charge in [-0.3, -0.25) is 4.79 Å². The van der Waals surface area contributed by atoms with Gasteiger partial charge in [-0.1, -0.05) is 17.7 Å². The third-order valence-corrected chi connectivity index (χ3v) is 4.40. The molecule has 0 spiro atoms. The molecule has 0 saturated carbocycles. The lowest BCUT2D eigenvalue weighted by molar-refractivity contribution is -0.138. The second-order valence-corrected chi connectivity index (χ2v) is 6.08. The largest absolute Gasteiger partial charge is 0.481 e. The number of nitrogens with zero attached hydrogens (tertiary/aromatic N) is 1. The molecular formula is C16H23NO2. The Morgan fingerprint density at radius 1 is 1.37 bits per heavy atom. The van der Waals surface area contributed by atoms with Crippen molar-refractivity contribution >= 4 is 11.7 Å². The number of hydrogen-bond donors (Lipinski definition) is 1. The number of carboxylic acid groups (broad SMARTS) is 1. The third kappa shape index (κ3) is 2.91. The molecule has 0 amide bonds. The monoisotopic (exact) mass is 261 g/mol. The van der Waals surface area contributed by atoms with Crippen LogP contribution in [0.15, 0.2) is 24.3 Å². The van der Waals surface area contributed by atoms with E-state index in [0.29, 0.717) is 0 Å². The highest BCUT2D eigenvalue weighted by Crippen LogP contribution is 2.38. The molecule has 0 aromatic heterocycles. The molecule has 1 atom stereocenters. The minimum atomic E-state index is -0.691. The number of carboxylic acids is 1. The summed E-state index contributed by atoms with van der Waals surface area (Å²) < 4.78 is 0. The Balaban J connectivity index is 2.24. The zero-order valence-electron chi connectivity index (χ0n) is 12.0. The maximum Gasteiger partial charge on any atom is 0.303 e. The third-order valence-electron chi connectivity index (χ3n) is 4.40. The fraction of sp³-hybridized carbons (Fsp3) is 0.562. The van der Waals surface area contributed by atoms with E-state index in [-0.39, 0.29) is 17.9 Å². The summed E-state index contributed by atoms with van der Waals surface area (Å²) in [5.74, 6) is -0.483. The van der Waals surface area contributed by atoms with Crippen LogP contribution < -0.4 is 4.90 Å². The summed E-state index contributed by atoms with van der Waals surface area (Å²) in [4.78, 5) is 13.4. The van der Waals surface area contributed by atoms with Gasteiger partial charge in [0.2, 0.25) is 0 Å². The summed E-state index contributed by atoms with van der Waals surface area (Å²) in [6.45, 7) is 7.42. The molecular weight excluding hydrogens is 238 g/mol. The van der Waals surface area contributed by atoms with Gasteiger partial charge < -0.3 is 10.0 Å². The SMILES string of the molecule is Cc1ccc(N2CCCC(CC(=O)O)C2(C)C)cc1. The van der Waals surface area contributed by atoms with Gasteiger partial charge in [-0.2, -0.15) is 0 Å². The van der Waals surface area contributed by atoms with Crippen LogP contribution in [0.2, 0.25) is 0 Å². The molecule has 0 radical (unpaired) electrons. The van der Waals surface area contributed by atoms with Crippen molar-refractivity contribution < 1.29 is 9.90 Å². The maximum atomic E-state index is 11.0. The molecule has 1 unspecified atom stereocenters. The predicted octanol–water partition coefficient (Wildman–Crippen LogP) is 3.46. The number of aryl methyl sites for hydroxylation is 1. The lowest BCUT2D eigenvalue weighted by Gasteiger charge is -2.49. The molecule has 1 fully saturated rings. The van der Waals surface area contributed by atoms with Crippen LogP contribution >= 0.6 is 0 Å². The highest BCUT2D eigenvalue weighted by Gasteiger charge is 2.39. The zero-order chi connectivity index (χ0) is 14.0. The van der Waals surface area contributed by atoms with Crippen LogP contribution in [0, 0.1) is 12.8 Å². The topological polar surface area (TPSA) is 40.5 Å². The van der Waals surface area contributed by atoms with Gasteiger partial charge in [0, 0.05) is 17.8 Å². The van der Waals surface area contributed by atoms with Crippen molar-refractivity contribution in [3.63, 3.8) is 0 Å². The summed E-state index contributed by atoms with van der Waals surface area (Å²) in [7, 11) is 0. The van der Waals surface area contributed by atoms with Gasteiger partial charge >= 0.3 is 5.97 Å². The van der Waals surface area contributed by atoms with Crippen molar-refractivity contribution in [2.45, 2.75) is 45.6 Å². The number of anilines is 1. The van der Waals surface area contributed by atoms with Crippen LogP contribution in [0.5, 0.6) is 0 Å². The average Bonchev–Trinajstić information content (AvgIpc) is 2.33. The molecule has 1 N–H and O–H groups in total. The molecule has 1 aliphatic rings. The lowest BCUT2D eigenvalue weighted by Crippen LogP contribution is -2.54. The highest BCUT2D eigenvalue weighted by atomic mass is 16.4. The van der Waals surface area contributed by atoms with E-state index in [4.69, 9.17) is 5.11 Å². The molecule has 2 rings (SSSR count). The Hall–Kier alpha value is -1.51. The number of aliphatic carboxylic acids is 1. The smallest absolute Gasteiger partial charge is 0.303 e. The predicted molar refractivity (Wildman–Crippen MR) is 77.6 cm³/mol. The summed E-state index contributed by atoms with van der Waals surface area (Å²) in [6.07, 6.45) is 2.33. The Morgan fingerprint density at radius 3 is 2.58 bits per heavy atom. The Labute approximate surface area is 115 Å². The first-order valence-corrected chi connectivity index (χ1v) is 6.97. The Morgan fingerprint density at radius 2 is 2.00 bits per heavy atom. The van der Waals surface area contributed by atoms with Crippen molar-refractivity contribution in [2.75, 3.05) is 11.4 Å². The second kappa shape index (κ2) is 5.24. The molecule has 1 heterocycles. The van der Waals surface area contributed by atoms with Crippen LogP contribution in [0.25, 0.3) is 0 Å². The highest BCUT2D eigenvalue weighted by molar-refractivity contribution is 5.67. The van der Waals surface area contributed by atoms with Crippen LogP contribution in [0.1, 0.15) is 38.7 Å². The standard InChI is InChI=1S/C16H23NO2/c1-12-6-8-14(9-7-12)17-10-4-5-13(11-15(18)19)16(17,2)3/h6-9,13H,4-5,10-11H2,1-3H3,(H,18,19). The first kappa shape index (κ1) is 13.9. The van der Waals surface area contributed by atoms with Gasteiger partial charge in [-0.25, -0.2) is 0 Å². The van der Waals surface area contributed by atoms with Crippen molar-refractivity contribution in [1.82, 2.24) is 0 Å². The molecule has 0 bridgehead atoms. The number of carbonyl (C=O) groups is 1. The second-order valence-electron chi connectivity index (χ2n) is 6.08. The van der Waals surface area contributed by atoms with Crippen LogP contribution in [0.3, 0.4) is 0 Å². The molecule has 104 valence electrons. The average molecular weight is 261 g/mol. The normalized spacial score (nSPS) is 22.3. The zero-order valence-corrected chi connectivity index (χ0v) is 12.0. The Bertz CT molecular complexity index is 450.